The molecule has 0 amide bonds. The Bertz CT molecular complexity index is 2030. The summed E-state index contributed by atoms with van der Waals surface area (Å²) in [5.74, 6) is 1.31. The fourth-order valence-electron chi connectivity index (χ4n) is 7.02. The Morgan fingerprint density at radius 1 is 0.860 bits per heavy atom. The third-order valence-electron chi connectivity index (χ3n) is 9.71. The molecule has 7 rings (SSSR count). The topological polar surface area (TPSA) is 51.8 Å². The van der Waals surface area contributed by atoms with Crippen LogP contribution in [0.3, 0.4) is 0 Å². The van der Waals surface area contributed by atoms with Gasteiger partial charge in [-0.15, -0.1) is 53.6 Å². The molecule has 1 radical (unpaired) electrons. The van der Waals surface area contributed by atoms with E-state index in [0.29, 0.717) is 17.5 Å². The minimum Gasteiger partial charge on any atom is -0.486 e. The van der Waals surface area contributed by atoms with Crippen LogP contribution in [0, 0.1) is 18.1 Å². The second kappa shape index (κ2) is 15.8. The average Bonchev–Trinajstić information content (AvgIpc) is 3.47. The summed E-state index contributed by atoms with van der Waals surface area (Å²) in [6.45, 7) is 18.5. The van der Waals surface area contributed by atoms with E-state index in [4.69, 9.17) is 9.40 Å². The molecule has 50 heavy (non-hydrogen) atoms. The number of aromatic nitrogens is 3. The number of hydrogen-bond acceptors (Lipinski definition) is 4. The summed E-state index contributed by atoms with van der Waals surface area (Å²) in [5, 5.41) is 3.60. The van der Waals surface area contributed by atoms with E-state index in [0.717, 1.165) is 45.3 Å². The fraction of sp³-hybridized carbons (Fsp3) is 0.386. The number of furan rings is 1. The van der Waals surface area contributed by atoms with Crippen LogP contribution in [-0.2, 0) is 31.9 Å². The van der Waals surface area contributed by atoms with Crippen molar-refractivity contribution in [1.82, 2.24) is 15.0 Å². The molecule has 4 aromatic heterocycles. The molecule has 0 bridgehead atoms. The quantitative estimate of drug-likeness (QED) is 0.124. The maximum Gasteiger partial charge on any atom is 0.216 e. The number of fused-ring (bicyclic) bond motifs is 3. The molecule has 0 spiro atoms. The molecular weight excluding hydrogens is 807 g/mol. The van der Waals surface area contributed by atoms with E-state index >= 15 is 0 Å². The van der Waals surface area contributed by atoms with Gasteiger partial charge in [0.2, 0.25) is 5.71 Å². The van der Waals surface area contributed by atoms with Gasteiger partial charge >= 0.3 is 0 Å². The number of rotatable bonds is 6. The van der Waals surface area contributed by atoms with Gasteiger partial charge in [0, 0.05) is 44.1 Å². The Hall–Kier alpha value is -3.44. The van der Waals surface area contributed by atoms with Crippen LogP contribution in [0.15, 0.2) is 83.7 Å². The standard InChI is InChI=1S/C22H19N2O.C22H32NSi.Ir/c1-2-6-15(7-3-1)16-11-13-23-20(14-16)19-9-4-8-17-18-10-5-12-24-22(18)25-21(17)19;1-16(2)13-18-14-20(23-15-21(18)24(6,7)8)17-9-11-19(12-10-17)22(3,4)5;/h4-5,8,10-15H,1-3,6-7H2;9,11-12,14-16H,13H2,1-8H3;/q2*-1;. The largest absolute Gasteiger partial charge is 0.486 e. The van der Waals surface area contributed by atoms with Crippen LogP contribution in [0.25, 0.3) is 44.6 Å². The summed E-state index contributed by atoms with van der Waals surface area (Å²) in [6, 6.07) is 27.9. The van der Waals surface area contributed by atoms with Crippen LogP contribution in [0.1, 0.15) is 89.3 Å². The van der Waals surface area contributed by atoms with Crippen molar-refractivity contribution < 1.29 is 24.5 Å². The van der Waals surface area contributed by atoms with Crippen molar-refractivity contribution in [3.63, 3.8) is 0 Å². The van der Waals surface area contributed by atoms with Crippen molar-refractivity contribution in [1.29, 1.82) is 0 Å². The van der Waals surface area contributed by atoms with Crippen LogP contribution in [-0.4, -0.2) is 23.0 Å². The van der Waals surface area contributed by atoms with Gasteiger partial charge in [-0.05, 0) is 71.3 Å². The molecular formula is C44H51IrN3OSi-2. The Morgan fingerprint density at radius 3 is 2.32 bits per heavy atom. The van der Waals surface area contributed by atoms with Gasteiger partial charge in [-0.25, -0.2) is 4.98 Å². The molecule has 0 aliphatic heterocycles. The van der Waals surface area contributed by atoms with Crippen molar-refractivity contribution in [2.45, 2.75) is 104 Å². The third-order valence-corrected chi connectivity index (χ3v) is 11.8. The second-order valence-electron chi connectivity index (χ2n) is 16.2. The number of pyridine rings is 3. The summed E-state index contributed by atoms with van der Waals surface area (Å²) >= 11 is 0. The molecule has 6 heteroatoms. The molecule has 1 aliphatic rings. The maximum atomic E-state index is 6.04. The maximum absolute atomic E-state index is 6.04. The van der Waals surface area contributed by atoms with E-state index in [9.17, 15) is 0 Å². The minimum absolute atomic E-state index is 0. The van der Waals surface area contributed by atoms with Crippen LogP contribution < -0.4 is 5.19 Å². The van der Waals surface area contributed by atoms with Gasteiger partial charge in [0.1, 0.15) is 0 Å². The van der Waals surface area contributed by atoms with Crippen LogP contribution in [0.2, 0.25) is 19.6 Å². The molecule has 0 saturated heterocycles. The molecule has 6 aromatic rings. The van der Waals surface area contributed by atoms with E-state index < -0.39 is 8.07 Å². The van der Waals surface area contributed by atoms with Gasteiger partial charge in [-0.2, -0.15) is 0 Å². The molecule has 4 heterocycles. The van der Waals surface area contributed by atoms with Crippen molar-refractivity contribution in [2.75, 3.05) is 0 Å². The summed E-state index contributed by atoms with van der Waals surface area (Å²) in [6.07, 6.45) is 13.5. The zero-order chi connectivity index (χ0) is 34.8. The van der Waals surface area contributed by atoms with Crippen molar-refractivity contribution in [3.05, 3.63) is 108 Å². The first-order valence-electron chi connectivity index (χ1n) is 18.0. The number of nitrogens with zero attached hydrogens (tertiary/aromatic N) is 3. The molecule has 0 atom stereocenters. The van der Waals surface area contributed by atoms with Crippen molar-refractivity contribution in [2.24, 2.45) is 5.92 Å². The van der Waals surface area contributed by atoms with Gasteiger partial charge in [0.25, 0.3) is 0 Å². The summed E-state index contributed by atoms with van der Waals surface area (Å²) in [4.78, 5) is 13.7. The molecule has 0 unspecified atom stereocenters. The van der Waals surface area contributed by atoms with Gasteiger partial charge in [0.15, 0.2) is 0 Å². The molecule has 1 aliphatic carbocycles. The van der Waals surface area contributed by atoms with E-state index in [2.05, 4.69) is 119 Å². The fourth-order valence-corrected chi connectivity index (χ4v) is 8.61. The molecule has 2 aromatic carbocycles. The van der Waals surface area contributed by atoms with Gasteiger partial charge in [0.05, 0.1) is 13.7 Å². The first-order valence-corrected chi connectivity index (χ1v) is 21.5. The SMILES string of the molecule is CC(C)Cc1cc(-c2[c-]cc(C(C)(C)C)cc2)ncc1[Si](C)(C)C.[Ir].[c-]1ccc2c(oc3ncccc32)c1-c1cc(C2CCCCC2)ccn1. The smallest absolute Gasteiger partial charge is 0.216 e. The number of hydrogen-bond donors (Lipinski definition) is 0. The van der Waals surface area contributed by atoms with E-state index in [1.807, 2.05) is 30.5 Å². The predicted octanol–water partition coefficient (Wildman–Crippen LogP) is 11.5. The van der Waals surface area contributed by atoms with Gasteiger partial charge < -0.3 is 14.4 Å². The zero-order valence-corrected chi connectivity index (χ0v) is 34.4. The summed E-state index contributed by atoms with van der Waals surface area (Å²) in [7, 11) is -1.38. The predicted molar refractivity (Wildman–Crippen MR) is 208 cm³/mol. The Labute approximate surface area is 313 Å². The molecule has 4 nitrogen and oxygen atoms in total. The van der Waals surface area contributed by atoms with E-state index in [-0.39, 0.29) is 25.5 Å². The molecule has 0 N–H and O–H groups in total. The third kappa shape index (κ3) is 8.70. The first-order chi connectivity index (χ1) is 23.4. The Balaban J connectivity index is 0.000000191. The molecule has 263 valence electrons. The monoisotopic (exact) mass is 858 g/mol. The average molecular weight is 858 g/mol. The Morgan fingerprint density at radius 2 is 1.64 bits per heavy atom. The Kier molecular flexibility index (Phi) is 12.0. The van der Waals surface area contributed by atoms with Crippen LogP contribution in [0.4, 0.5) is 0 Å². The van der Waals surface area contributed by atoms with Crippen molar-refractivity contribution >= 4 is 35.3 Å². The van der Waals surface area contributed by atoms with Crippen LogP contribution in [0.5, 0.6) is 0 Å². The van der Waals surface area contributed by atoms with Crippen LogP contribution >= 0.6 is 0 Å². The summed E-state index contributed by atoms with van der Waals surface area (Å²) in [5.41, 5.74) is 9.84. The zero-order valence-electron chi connectivity index (χ0n) is 31.0. The van der Waals surface area contributed by atoms with E-state index in [1.54, 1.807) is 6.20 Å². The molecule has 1 fully saturated rings. The minimum atomic E-state index is -1.38. The van der Waals surface area contributed by atoms with Crippen molar-refractivity contribution in [3.8, 4) is 22.5 Å². The van der Waals surface area contributed by atoms with E-state index in [1.165, 1.54) is 54.0 Å². The number of benzene rings is 2. The molecule has 1 saturated carbocycles. The van der Waals surface area contributed by atoms with Gasteiger partial charge in [-0.1, -0.05) is 108 Å². The summed E-state index contributed by atoms with van der Waals surface area (Å²) < 4.78 is 6.04. The van der Waals surface area contributed by atoms with Gasteiger partial charge in [-0.3, -0.25) is 0 Å². The normalized spacial score (nSPS) is 14.0. The second-order valence-corrected chi connectivity index (χ2v) is 21.2. The first kappa shape index (κ1) is 37.8.